The number of nitrogens with one attached hydrogen (secondary N) is 1. The first-order chi connectivity index (χ1) is 10.7. The third-order valence-electron chi connectivity index (χ3n) is 4.61. The third kappa shape index (κ3) is 2.48. The minimum absolute atomic E-state index is 0.154. The number of hydrogen-bond donors (Lipinski definition) is 1. The fourth-order valence-corrected chi connectivity index (χ4v) is 3.16. The molecule has 2 aliphatic rings. The summed E-state index contributed by atoms with van der Waals surface area (Å²) in [5.41, 5.74) is 4.05. The molecule has 1 aliphatic carbocycles. The Morgan fingerprint density at radius 2 is 2.00 bits per heavy atom. The molecular weight excluding hydrogens is 274 g/mol. The van der Waals surface area contributed by atoms with E-state index in [1.807, 2.05) is 17.0 Å². The summed E-state index contributed by atoms with van der Waals surface area (Å²) in [4.78, 5) is 19.7. The number of aryl methyl sites for hydroxylation is 1. The maximum absolute atomic E-state index is 13.0. The number of carbonyl (C=O) groups excluding carboxylic acids is 1. The predicted octanol–water partition coefficient (Wildman–Crippen LogP) is 2.47. The quantitative estimate of drug-likeness (QED) is 0.925. The van der Waals surface area contributed by atoms with E-state index >= 15 is 0 Å². The van der Waals surface area contributed by atoms with Crippen molar-refractivity contribution in [3.63, 3.8) is 0 Å². The Labute approximate surface area is 130 Å². The molecule has 114 valence electrons. The molecule has 4 heteroatoms. The number of pyridine rings is 1. The minimum atomic E-state index is 0.154. The molecule has 4 nitrogen and oxygen atoms in total. The fourth-order valence-electron chi connectivity index (χ4n) is 3.16. The molecule has 0 unspecified atom stereocenters. The topological polar surface area (TPSA) is 45.2 Å². The average Bonchev–Trinajstić information content (AvgIpc) is 3.39. The van der Waals surface area contributed by atoms with E-state index in [0.717, 1.165) is 48.3 Å². The Kier molecular flexibility index (Phi) is 3.34. The van der Waals surface area contributed by atoms with Crippen molar-refractivity contribution in [3.05, 3.63) is 41.1 Å². The molecule has 1 amide bonds. The van der Waals surface area contributed by atoms with Gasteiger partial charge in [0.2, 0.25) is 0 Å². The number of rotatable bonds is 2. The molecule has 2 fully saturated rings. The summed E-state index contributed by atoms with van der Waals surface area (Å²) in [6.07, 6.45) is 2.40. The lowest BCUT2D eigenvalue weighted by Crippen LogP contribution is -2.46. The average molecular weight is 295 g/mol. The van der Waals surface area contributed by atoms with Crippen molar-refractivity contribution < 1.29 is 4.79 Å². The summed E-state index contributed by atoms with van der Waals surface area (Å²) < 4.78 is 0. The zero-order chi connectivity index (χ0) is 15.1. The third-order valence-corrected chi connectivity index (χ3v) is 4.61. The largest absolute Gasteiger partial charge is 0.336 e. The van der Waals surface area contributed by atoms with Crippen molar-refractivity contribution >= 4 is 16.8 Å². The van der Waals surface area contributed by atoms with Gasteiger partial charge in [-0.25, -0.2) is 0 Å². The molecular formula is C18H21N3O. The predicted molar refractivity (Wildman–Crippen MR) is 87.2 cm³/mol. The lowest BCUT2D eigenvalue weighted by atomic mass is 10.0. The molecule has 1 N–H and O–H groups in total. The van der Waals surface area contributed by atoms with Gasteiger partial charge >= 0.3 is 0 Å². The smallest absolute Gasteiger partial charge is 0.254 e. The number of benzene rings is 1. The molecule has 0 spiro atoms. The van der Waals surface area contributed by atoms with Crippen LogP contribution >= 0.6 is 0 Å². The molecule has 1 aromatic carbocycles. The Morgan fingerprint density at radius 3 is 2.73 bits per heavy atom. The SMILES string of the molecule is Cc1ccc2nc(C3CC3)cc(C(=O)N3CCNCC3)c2c1. The molecule has 2 aromatic rings. The fraction of sp³-hybridized carbons (Fsp3) is 0.444. The first kappa shape index (κ1) is 13.7. The standard InChI is InChI=1S/C18H21N3O/c1-12-2-5-16-14(10-12)15(11-17(20-16)13-3-4-13)18(22)21-8-6-19-7-9-21/h2,5,10-11,13,19H,3-4,6-9H2,1H3. The molecule has 4 rings (SSSR count). The van der Waals surface area contributed by atoms with E-state index < -0.39 is 0 Å². The second-order valence-corrected chi connectivity index (χ2v) is 6.43. The van der Waals surface area contributed by atoms with Crippen LogP contribution in [0.2, 0.25) is 0 Å². The van der Waals surface area contributed by atoms with Crippen LogP contribution in [0, 0.1) is 6.92 Å². The van der Waals surface area contributed by atoms with E-state index in [-0.39, 0.29) is 5.91 Å². The zero-order valence-corrected chi connectivity index (χ0v) is 12.9. The van der Waals surface area contributed by atoms with Gasteiger partial charge in [0.1, 0.15) is 0 Å². The summed E-state index contributed by atoms with van der Waals surface area (Å²) in [5, 5.41) is 4.29. The molecule has 1 saturated carbocycles. The molecule has 0 atom stereocenters. The Bertz CT molecular complexity index is 730. The molecule has 1 aromatic heterocycles. The van der Waals surface area contributed by atoms with Crippen molar-refractivity contribution in [2.45, 2.75) is 25.7 Å². The van der Waals surface area contributed by atoms with Crippen LogP contribution in [-0.4, -0.2) is 42.0 Å². The highest BCUT2D eigenvalue weighted by Crippen LogP contribution is 2.40. The molecule has 22 heavy (non-hydrogen) atoms. The number of amides is 1. The van der Waals surface area contributed by atoms with E-state index in [9.17, 15) is 4.79 Å². The van der Waals surface area contributed by atoms with Crippen LogP contribution in [0.5, 0.6) is 0 Å². The number of aromatic nitrogens is 1. The molecule has 1 aliphatic heterocycles. The lowest BCUT2D eigenvalue weighted by Gasteiger charge is -2.28. The molecule has 2 heterocycles. The van der Waals surface area contributed by atoms with Gasteiger partial charge in [-0.15, -0.1) is 0 Å². The second-order valence-electron chi connectivity index (χ2n) is 6.43. The van der Waals surface area contributed by atoms with E-state index in [2.05, 4.69) is 24.4 Å². The van der Waals surface area contributed by atoms with Crippen LogP contribution in [0.25, 0.3) is 10.9 Å². The summed E-state index contributed by atoms with van der Waals surface area (Å²) in [5.74, 6) is 0.710. The van der Waals surface area contributed by atoms with Crippen LogP contribution < -0.4 is 5.32 Å². The van der Waals surface area contributed by atoms with Crippen molar-refractivity contribution in [2.24, 2.45) is 0 Å². The van der Waals surface area contributed by atoms with Gasteiger partial charge in [-0.1, -0.05) is 11.6 Å². The van der Waals surface area contributed by atoms with Gasteiger partial charge in [0.15, 0.2) is 0 Å². The van der Waals surface area contributed by atoms with Gasteiger partial charge in [-0.3, -0.25) is 9.78 Å². The summed E-state index contributed by atoms with van der Waals surface area (Å²) >= 11 is 0. The zero-order valence-electron chi connectivity index (χ0n) is 12.9. The molecule has 1 saturated heterocycles. The second kappa shape index (κ2) is 5.36. The van der Waals surface area contributed by atoms with Gasteiger partial charge in [0, 0.05) is 43.2 Å². The van der Waals surface area contributed by atoms with E-state index in [1.165, 1.54) is 18.4 Å². The first-order valence-electron chi connectivity index (χ1n) is 8.14. The lowest BCUT2D eigenvalue weighted by molar-refractivity contribution is 0.0737. The van der Waals surface area contributed by atoms with E-state index in [0.29, 0.717) is 5.92 Å². The normalized spacial score (nSPS) is 18.7. The van der Waals surface area contributed by atoms with Crippen molar-refractivity contribution in [1.29, 1.82) is 0 Å². The summed E-state index contributed by atoms with van der Waals surface area (Å²) in [7, 11) is 0. The van der Waals surface area contributed by atoms with Crippen molar-refractivity contribution in [2.75, 3.05) is 26.2 Å². The van der Waals surface area contributed by atoms with Gasteiger partial charge in [0.25, 0.3) is 5.91 Å². The van der Waals surface area contributed by atoms with Crippen molar-refractivity contribution in [1.82, 2.24) is 15.2 Å². The summed E-state index contributed by atoms with van der Waals surface area (Å²) in [6.45, 7) is 5.39. The van der Waals surface area contributed by atoms with Crippen LogP contribution in [0.4, 0.5) is 0 Å². The van der Waals surface area contributed by atoms with Crippen LogP contribution in [-0.2, 0) is 0 Å². The van der Waals surface area contributed by atoms with E-state index in [1.54, 1.807) is 0 Å². The Morgan fingerprint density at radius 1 is 1.23 bits per heavy atom. The van der Waals surface area contributed by atoms with Crippen LogP contribution in [0.15, 0.2) is 24.3 Å². The van der Waals surface area contributed by atoms with Gasteiger partial charge in [-0.05, 0) is 38.0 Å². The number of carbonyl (C=O) groups is 1. The molecule has 0 bridgehead atoms. The Hall–Kier alpha value is -1.94. The van der Waals surface area contributed by atoms with Crippen LogP contribution in [0.1, 0.15) is 40.4 Å². The van der Waals surface area contributed by atoms with Gasteiger partial charge in [0.05, 0.1) is 11.1 Å². The highest BCUT2D eigenvalue weighted by molar-refractivity contribution is 6.06. The van der Waals surface area contributed by atoms with Gasteiger partial charge < -0.3 is 10.2 Å². The van der Waals surface area contributed by atoms with Crippen molar-refractivity contribution in [3.8, 4) is 0 Å². The van der Waals surface area contributed by atoms with Crippen LogP contribution in [0.3, 0.4) is 0 Å². The first-order valence-corrected chi connectivity index (χ1v) is 8.14. The number of hydrogen-bond acceptors (Lipinski definition) is 3. The minimum Gasteiger partial charge on any atom is -0.336 e. The number of fused-ring (bicyclic) bond motifs is 1. The maximum Gasteiger partial charge on any atom is 0.254 e. The highest BCUT2D eigenvalue weighted by Gasteiger charge is 2.28. The highest BCUT2D eigenvalue weighted by atomic mass is 16.2. The maximum atomic E-state index is 13.0. The van der Waals surface area contributed by atoms with Gasteiger partial charge in [-0.2, -0.15) is 0 Å². The Balaban J connectivity index is 1.82. The number of nitrogens with zero attached hydrogens (tertiary/aromatic N) is 2. The number of piperazine rings is 1. The summed E-state index contributed by atoms with van der Waals surface area (Å²) in [6, 6.07) is 8.26. The van der Waals surface area contributed by atoms with E-state index in [4.69, 9.17) is 4.98 Å². The molecule has 0 radical (unpaired) electrons. The monoisotopic (exact) mass is 295 g/mol.